The average molecular weight is 479 g/mol. The molecule has 1 aliphatic rings. The van der Waals surface area contributed by atoms with Crippen molar-refractivity contribution in [2.75, 3.05) is 31.0 Å². The van der Waals surface area contributed by atoms with Gasteiger partial charge in [0, 0.05) is 35.7 Å². The Labute approximate surface area is 192 Å². The van der Waals surface area contributed by atoms with Crippen LogP contribution in [0.2, 0.25) is 0 Å². The molecule has 9 heteroatoms. The highest BCUT2D eigenvalue weighted by Gasteiger charge is 2.16. The van der Waals surface area contributed by atoms with Crippen LogP contribution < -0.4 is 14.3 Å². The molecule has 0 aliphatic carbocycles. The van der Waals surface area contributed by atoms with Crippen LogP contribution in [0.4, 0.5) is 4.39 Å². The lowest BCUT2D eigenvalue weighted by Crippen LogP contribution is -2.18. The predicted molar refractivity (Wildman–Crippen MR) is 126 cm³/mol. The number of thioether (sulfide) groups is 2. The van der Waals surface area contributed by atoms with Crippen LogP contribution in [0, 0.1) is 5.82 Å². The lowest BCUT2D eigenvalue weighted by molar-refractivity contribution is -0.118. The summed E-state index contributed by atoms with van der Waals surface area (Å²) in [6.45, 7) is 1.86. The number of aryl methyl sites for hydroxylation is 1. The van der Waals surface area contributed by atoms with Crippen molar-refractivity contribution >= 4 is 51.0 Å². The first-order chi connectivity index (χ1) is 15.1. The molecule has 0 bridgehead atoms. The number of nitrogens with zero attached hydrogens (tertiary/aromatic N) is 2. The van der Waals surface area contributed by atoms with Crippen LogP contribution in [0.25, 0.3) is 10.2 Å². The number of ether oxygens (including phenoxy) is 2. The van der Waals surface area contributed by atoms with E-state index in [-0.39, 0.29) is 11.7 Å². The van der Waals surface area contributed by atoms with E-state index in [1.54, 1.807) is 35.7 Å². The number of thiazole rings is 1. The number of rotatable bonds is 8. The Morgan fingerprint density at radius 3 is 2.65 bits per heavy atom. The highest BCUT2D eigenvalue weighted by Crippen LogP contribution is 2.35. The minimum atomic E-state index is -0.240. The molecule has 164 valence electrons. The van der Waals surface area contributed by atoms with Gasteiger partial charge in [0.25, 0.3) is 0 Å². The van der Waals surface area contributed by atoms with Gasteiger partial charge in [-0.1, -0.05) is 11.3 Å². The first kappa shape index (κ1) is 22.2. The summed E-state index contributed by atoms with van der Waals surface area (Å²) in [5.41, 5.74) is 1.02. The van der Waals surface area contributed by atoms with E-state index >= 15 is 0 Å². The van der Waals surface area contributed by atoms with Crippen molar-refractivity contribution in [3.05, 3.63) is 47.0 Å². The third-order valence-electron chi connectivity index (χ3n) is 4.70. The van der Waals surface area contributed by atoms with Gasteiger partial charge in [-0.3, -0.25) is 4.79 Å². The molecular formula is C22H23FN2O3S3. The van der Waals surface area contributed by atoms with Gasteiger partial charge in [0.2, 0.25) is 5.91 Å². The number of carbonyl (C=O) groups excluding carboxylic acids is 1. The van der Waals surface area contributed by atoms with Crippen molar-refractivity contribution in [2.24, 2.45) is 4.99 Å². The molecule has 0 N–H and O–H groups in total. The van der Waals surface area contributed by atoms with Gasteiger partial charge < -0.3 is 14.0 Å². The summed E-state index contributed by atoms with van der Waals surface area (Å²) < 4.78 is 27.5. The Hall–Kier alpha value is -1.97. The van der Waals surface area contributed by atoms with E-state index in [0.717, 1.165) is 51.1 Å². The lowest BCUT2D eigenvalue weighted by atomic mass is 10.2. The van der Waals surface area contributed by atoms with Crippen molar-refractivity contribution in [3.8, 4) is 11.5 Å². The van der Waals surface area contributed by atoms with Gasteiger partial charge in [-0.2, -0.15) is 16.8 Å². The molecule has 3 aromatic rings. The molecule has 0 saturated carbocycles. The van der Waals surface area contributed by atoms with Gasteiger partial charge in [-0.15, -0.1) is 11.8 Å². The molecule has 0 saturated heterocycles. The number of hydrogen-bond acceptors (Lipinski definition) is 6. The second-order valence-electron chi connectivity index (χ2n) is 6.90. The number of benzene rings is 2. The minimum Gasteiger partial charge on any atom is -0.486 e. The summed E-state index contributed by atoms with van der Waals surface area (Å²) in [5.74, 6) is 2.83. The van der Waals surface area contributed by atoms with E-state index in [4.69, 9.17) is 9.47 Å². The van der Waals surface area contributed by atoms with Crippen LogP contribution in [-0.4, -0.2) is 41.4 Å². The molecule has 2 aromatic carbocycles. The molecular weight excluding hydrogens is 455 g/mol. The average Bonchev–Trinajstić information content (AvgIpc) is 3.10. The second-order valence-corrected chi connectivity index (χ2v) is 10.1. The molecule has 5 nitrogen and oxygen atoms in total. The largest absolute Gasteiger partial charge is 0.486 e. The normalized spacial score (nSPS) is 13.7. The van der Waals surface area contributed by atoms with E-state index < -0.39 is 0 Å². The molecule has 0 radical (unpaired) electrons. The Kier molecular flexibility index (Phi) is 7.58. The SMILES string of the molecule is CSCCn1c(=NC(=O)CCCSc2ccc(F)cc2)sc2cc3c(cc21)OCCO3. The fourth-order valence-corrected chi connectivity index (χ4v) is 5.50. The molecule has 1 aliphatic heterocycles. The van der Waals surface area contributed by atoms with Crippen molar-refractivity contribution in [1.82, 2.24) is 4.57 Å². The van der Waals surface area contributed by atoms with Crippen LogP contribution in [0.3, 0.4) is 0 Å². The fraction of sp³-hybridized carbons (Fsp3) is 0.364. The van der Waals surface area contributed by atoms with Gasteiger partial charge in [0.05, 0.1) is 10.2 Å². The van der Waals surface area contributed by atoms with Crippen LogP contribution in [0.5, 0.6) is 11.5 Å². The predicted octanol–water partition coefficient (Wildman–Crippen LogP) is 4.98. The Morgan fingerprint density at radius 2 is 1.90 bits per heavy atom. The maximum Gasteiger partial charge on any atom is 0.248 e. The highest BCUT2D eigenvalue weighted by molar-refractivity contribution is 7.99. The number of hydrogen-bond donors (Lipinski definition) is 0. The van der Waals surface area contributed by atoms with E-state index in [1.165, 1.54) is 23.5 Å². The Balaban J connectivity index is 1.48. The monoisotopic (exact) mass is 478 g/mol. The maximum absolute atomic E-state index is 13.0. The standard InChI is InChI=1S/C22H23FN2O3S3/c1-29-12-8-25-17-13-18-19(28-10-9-27-18)14-20(17)31-22(25)24-21(26)3-2-11-30-16-6-4-15(23)5-7-16/h4-7,13-14H,2-3,8-12H2,1H3. The first-order valence-corrected chi connectivity index (χ1v) is 13.2. The number of amides is 1. The van der Waals surface area contributed by atoms with E-state index in [1.807, 2.05) is 12.1 Å². The number of fused-ring (bicyclic) bond motifs is 2. The zero-order chi connectivity index (χ0) is 21.6. The minimum absolute atomic E-state index is 0.124. The number of aromatic nitrogens is 1. The molecule has 0 unspecified atom stereocenters. The Bertz CT molecular complexity index is 1130. The summed E-state index contributed by atoms with van der Waals surface area (Å²) in [7, 11) is 0. The maximum atomic E-state index is 13.0. The summed E-state index contributed by atoms with van der Waals surface area (Å²) >= 11 is 4.87. The third kappa shape index (κ3) is 5.64. The first-order valence-electron chi connectivity index (χ1n) is 10.0. The molecule has 0 fully saturated rings. The summed E-state index contributed by atoms with van der Waals surface area (Å²) in [5, 5.41) is 0. The molecule has 1 amide bonds. The van der Waals surface area contributed by atoms with Crippen LogP contribution >= 0.6 is 34.9 Å². The topological polar surface area (TPSA) is 52.8 Å². The van der Waals surface area contributed by atoms with Crippen LogP contribution in [-0.2, 0) is 11.3 Å². The fourth-order valence-electron chi connectivity index (χ4n) is 3.20. The van der Waals surface area contributed by atoms with Crippen molar-refractivity contribution < 1.29 is 18.7 Å². The van der Waals surface area contributed by atoms with Gasteiger partial charge in [-0.25, -0.2) is 4.39 Å². The van der Waals surface area contributed by atoms with E-state index in [0.29, 0.717) is 24.4 Å². The smallest absolute Gasteiger partial charge is 0.248 e. The lowest BCUT2D eigenvalue weighted by Gasteiger charge is -2.18. The molecule has 0 spiro atoms. The van der Waals surface area contributed by atoms with Crippen molar-refractivity contribution in [1.29, 1.82) is 0 Å². The Morgan fingerprint density at radius 1 is 1.16 bits per heavy atom. The molecule has 2 heterocycles. The summed E-state index contributed by atoms with van der Waals surface area (Å²) in [6, 6.07) is 10.4. The summed E-state index contributed by atoms with van der Waals surface area (Å²) in [6.07, 6.45) is 3.17. The summed E-state index contributed by atoms with van der Waals surface area (Å²) in [4.78, 5) is 18.7. The van der Waals surface area contributed by atoms with E-state index in [2.05, 4.69) is 15.8 Å². The molecule has 0 atom stereocenters. The quantitative estimate of drug-likeness (QED) is 0.338. The van der Waals surface area contributed by atoms with Gasteiger partial charge >= 0.3 is 0 Å². The molecule has 31 heavy (non-hydrogen) atoms. The van der Waals surface area contributed by atoms with Crippen LogP contribution in [0.1, 0.15) is 12.8 Å². The van der Waals surface area contributed by atoms with Gasteiger partial charge in [0.1, 0.15) is 19.0 Å². The highest BCUT2D eigenvalue weighted by atomic mass is 32.2. The zero-order valence-electron chi connectivity index (χ0n) is 17.1. The van der Waals surface area contributed by atoms with Crippen molar-refractivity contribution in [2.45, 2.75) is 24.3 Å². The van der Waals surface area contributed by atoms with Crippen molar-refractivity contribution in [3.63, 3.8) is 0 Å². The molecule has 1 aromatic heterocycles. The van der Waals surface area contributed by atoms with Gasteiger partial charge in [-0.05, 0) is 42.7 Å². The third-order valence-corrected chi connectivity index (χ3v) is 7.43. The second kappa shape index (κ2) is 10.6. The zero-order valence-corrected chi connectivity index (χ0v) is 19.6. The molecule has 4 rings (SSSR count). The van der Waals surface area contributed by atoms with E-state index in [9.17, 15) is 9.18 Å². The van der Waals surface area contributed by atoms with Crippen LogP contribution in [0.15, 0.2) is 46.3 Å². The van der Waals surface area contributed by atoms with Gasteiger partial charge in [0.15, 0.2) is 16.3 Å². The number of carbonyl (C=O) groups is 1. The number of halogens is 1.